The van der Waals surface area contributed by atoms with E-state index in [-0.39, 0.29) is 5.91 Å². The Morgan fingerprint density at radius 1 is 1.13 bits per heavy atom. The summed E-state index contributed by atoms with van der Waals surface area (Å²) in [6.45, 7) is 8.50. The molecule has 0 aliphatic rings. The molecular formula is C13H25NO. The smallest absolute Gasteiger partial charge is 0.220 e. The topological polar surface area (TPSA) is 29.1 Å². The van der Waals surface area contributed by atoms with Crippen molar-refractivity contribution < 1.29 is 4.79 Å². The molecule has 0 unspecified atom stereocenters. The molecule has 0 aromatic rings. The molecular weight excluding hydrogens is 186 g/mol. The largest absolute Gasteiger partial charge is 0.352 e. The lowest BCUT2D eigenvalue weighted by molar-refractivity contribution is -0.121. The van der Waals surface area contributed by atoms with Crippen molar-refractivity contribution in [1.82, 2.24) is 5.32 Å². The fourth-order valence-corrected chi connectivity index (χ4v) is 1.40. The highest BCUT2D eigenvalue weighted by molar-refractivity contribution is 5.76. The van der Waals surface area contributed by atoms with E-state index in [2.05, 4.69) is 18.8 Å². The molecule has 88 valence electrons. The molecule has 0 aromatic carbocycles. The van der Waals surface area contributed by atoms with Crippen LogP contribution in [-0.4, -0.2) is 12.5 Å². The molecule has 0 bridgehead atoms. The first kappa shape index (κ1) is 14.2. The van der Waals surface area contributed by atoms with E-state index in [9.17, 15) is 4.79 Å². The summed E-state index contributed by atoms with van der Waals surface area (Å²) in [6.07, 6.45) is 8.04. The van der Waals surface area contributed by atoms with Gasteiger partial charge in [0.15, 0.2) is 0 Å². The van der Waals surface area contributed by atoms with Crippen molar-refractivity contribution in [2.45, 2.75) is 58.8 Å². The second-order valence-corrected chi connectivity index (χ2v) is 4.25. The Kier molecular flexibility index (Phi) is 9.24. The third kappa shape index (κ3) is 11.1. The number of carbonyl (C=O) groups excluding carboxylic acids is 1. The molecule has 1 N–H and O–H groups in total. The van der Waals surface area contributed by atoms with Crippen LogP contribution in [0, 0.1) is 0 Å². The van der Waals surface area contributed by atoms with Crippen molar-refractivity contribution in [2.24, 2.45) is 0 Å². The van der Waals surface area contributed by atoms with Crippen molar-refractivity contribution in [2.75, 3.05) is 6.54 Å². The lowest BCUT2D eigenvalue weighted by atomic mass is 10.1. The third-order valence-corrected chi connectivity index (χ3v) is 2.34. The Hall–Kier alpha value is -0.790. The van der Waals surface area contributed by atoms with Crippen LogP contribution in [0.5, 0.6) is 0 Å². The Labute approximate surface area is 94.1 Å². The van der Waals surface area contributed by atoms with E-state index < -0.39 is 0 Å². The van der Waals surface area contributed by atoms with E-state index in [4.69, 9.17) is 0 Å². The monoisotopic (exact) mass is 211 g/mol. The number of rotatable bonds is 9. The zero-order chi connectivity index (χ0) is 11.5. The Morgan fingerprint density at radius 2 is 1.73 bits per heavy atom. The Morgan fingerprint density at radius 3 is 2.33 bits per heavy atom. The summed E-state index contributed by atoms with van der Waals surface area (Å²) in [4.78, 5) is 11.3. The highest BCUT2D eigenvalue weighted by atomic mass is 16.1. The molecule has 0 rings (SSSR count). The average molecular weight is 211 g/mol. The fraction of sp³-hybridized carbons (Fsp3) is 0.769. The van der Waals surface area contributed by atoms with Gasteiger partial charge in [0.2, 0.25) is 5.91 Å². The molecule has 2 nitrogen and oxygen atoms in total. The molecule has 1 amide bonds. The maximum absolute atomic E-state index is 11.3. The van der Waals surface area contributed by atoms with Gasteiger partial charge in [-0.3, -0.25) is 4.79 Å². The van der Waals surface area contributed by atoms with Crippen molar-refractivity contribution in [3.8, 4) is 0 Å². The van der Waals surface area contributed by atoms with Crippen LogP contribution in [-0.2, 0) is 4.79 Å². The summed E-state index contributed by atoms with van der Waals surface area (Å²) in [5, 5.41) is 2.85. The van der Waals surface area contributed by atoms with Crippen LogP contribution in [0.15, 0.2) is 12.2 Å². The minimum Gasteiger partial charge on any atom is -0.352 e. The van der Waals surface area contributed by atoms with Gasteiger partial charge < -0.3 is 5.32 Å². The molecule has 0 atom stereocenters. The molecule has 2 heteroatoms. The van der Waals surface area contributed by atoms with Gasteiger partial charge in [0.05, 0.1) is 0 Å². The Bertz CT molecular complexity index is 187. The van der Waals surface area contributed by atoms with Crippen LogP contribution >= 0.6 is 0 Å². The van der Waals surface area contributed by atoms with Crippen LogP contribution in [0.2, 0.25) is 0 Å². The maximum Gasteiger partial charge on any atom is 0.220 e. The number of hydrogen-bond donors (Lipinski definition) is 1. The highest BCUT2D eigenvalue weighted by Crippen LogP contribution is 2.06. The molecule has 0 fully saturated rings. The number of unbranched alkanes of at least 4 members (excludes halogenated alkanes) is 5. The zero-order valence-corrected chi connectivity index (χ0v) is 10.3. The van der Waals surface area contributed by atoms with Crippen LogP contribution in [0.4, 0.5) is 0 Å². The second-order valence-electron chi connectivity index (χ2n) is 4.25. The second kappa shape index (κ2) is 9.75. The predicted molar refractivity (Wildman–Crippen MR) is 65.8 cm³/mol. The van der Waals surface area contributed by atoms with Gasteiger partial charge in [0.1, 0.15) is 0 Å². The van der Waals surface area contributed by atoms with Gasteiger partial charge in [-0.25, -0.2) is 0 Å². The van der Waals surface area contributed by atoms with Gasteiger partial charge in [0, 0.05) is 13.0 Å². The fourth-order valence-electron chi connectivity index (χ4n) is 1.40. The van der Waals surface area contributed by atoms with E-state index in [0.29, 0.717) is 13.0 Å². The highest BCUT2D eigenvalue weighted by Gasteiger charge is 1.99. The normalized spacial score (nSPS) is 10.0. The van der Waals surface area contributed by atoms with E-state index >= 15 is 0 Å². The molecule has 0 saturated heterocycles. The first-order valence-electron chi connectivity index (χ1n) is 6.08. The van der Waals surface area contributed by atoms with Gasteiger partial charge in [-0.2, -0.15) is 0 Å². The molecule has 0 aliphatic carbocycles. The van der Waals surface area contributed by atoms with E-state index in [1.165, 1.54) is 32.1 Å². The van der Waals surface area contributed by atoms with E-state index in [1.807, 2.05) is 6.92 Å². The molecule has 0 saturated carbocycles. The first-order chi connectivity index (χ1) is 7.16. The molecule has 15 heavy (non-hydrogen) atoms. The summed E-state index contributed by atoms with van der Waals surface area (Å²) in [5.74, 6) is 0.161. The van der Waals surface area contributed by atoms with Crippen molar-refractivity contribution >= 4 is 5.91 Å². The number of nitrogens with one attached hydrogen (secondary N) is 1. The van der Waals surface area contributed by atoms with Crippen LogP contribution < -0.4 is 5.32 Å². The molecule has 0 radical (unpaired) electrons. The summed E-state index contributed by atoms with van der Waals surface area (Å²) in [5.41, 5.74) is 1.01. The molecule has 0 aliphatic heterocycles. The lowest BCUT2D eigenvalue weighted by Gasteiger charge is -2.04. The standard InChI is InChI=1S/C13H25NO/c1-4-5-6-7-8-9-10-13(15)14-11-12(2)3/h2,4-11H2,1,3H3,(H,14,15). The van der Waals surface area contributed by atoms with Gasteiger partial charge in [-0.15, -0.1) is 0 Å². The summed E-state index contributed by atoms with van der Waals surface area (Å²) in [7, 11) is 0. The van der Waals surface area contributed by atoms with Crippen molar-refractivity contribution in [3.05, 3.63) is 12.2 Å². The zero-order valence-electron chi connectivity index (χ0n) is 10.3. The van der Waals surface area contributed by atoms with Gasteiger partial charge >= 0.3 is 0 Å². The summed E-state index contributed by atoms with van der Waals surface area (Å²) < 4.78 is 0. The number of amides is 1. The van der Waals surface area contributed by atoms with E-state index in [1.54, 1.807) is 0 Å². The van der Waals surface area contributed by atoms with Gasteiger partial charge in [-0.1, -0.05) is 51.2 Å². The minimum atomic E-state index is 0.161. The molecule has 0 aromatic heterocycles. The first-order valence-corrected chi connectivity index (χ1v) is 6.08. The summed E-state index contributed by atoms with van der Waals surface area (Å²) in [6, 6.07) is 0. The lowest BCUT2D eigenvalue weighted by Crippen LogP contribution is -2.24. The van der Waals surface area contributed by atoms with Gasteiger partial charge in [0.25, 0.3) is 0 Å². The van der Waals surface area contributed by atoms with Crippen LogP contribution in [0.1, 0.15) is 58.8 Å². The average Bonchev–Trinajstić information content (AvgIpc) is 2.20. The van der Waals surface area contributed by atoms with Crippen LogP contribution in [0.3, 0.4) is 0 Å². The van der Waals surface area contributed by atoms with E-state index in [0.717, 1.165) is 12.0 Å². The molecule has 0 spiro atoms. The SMILES string of the molecule is C=C(C)CNC(=O)CCCCCCCC. The summed E-state index contributed by atoms with van der Waals surface area (Å²) >= 11 is 0. The minimum absolute atomic E-state index is 0.161. The molecule has 0 heterocycles. The maximum atomic E-state index is 11.3. The number of hydrogen-bond acceptors (Lipinski definition) is 1. The van der Waals surface area contributed by atoms with Gasteiger partial charge in [-0.05, 0) is 13.3 Å². The quantitative estimate of drug-likeness (QED) is 0.459. The predicted octanol–water partition coefficient (Wildman–Crippen LogP) is 3.43. The van der Waals surface area contributed by atoms with Crippen molar-refractivity contribution in [1.29, 1.82) is 0 Å². The number of carbonyl (C=O) groups is 1. The Balaban J connectivity index is 3.20. The third-order valence-electron chi connectivity index (χ3n) is 2.34. The van der Waals surface area contributed by atoms with Crippen molar-refractivity contribution in [3.63, 3.8) is 0 Å². The van der Waals surface area contributed by atoms with Crippen LogP contribution in [0.25, 0.3) is 0 Å².